The predicted molar refractivity (Wildman–Crippen MR) is 79.0 cm³/mol. The van der Waals surface area contributed by atoms with Gasteiger partial charge in [0.05, 0.1) is 0 Å². The molecule has 2 aromatic carbocycles. The maximum Gasteiger partial charge on any atom is 0.124 e. The lowest BCUT2D eigenvalue weighted by atomic mass is 10.1. The molecule has 0 saturated carbocycles. The van der Waals surface area contributed by atoms with E-state index in [-0.39, 0.29) is 0 Å². The fourth-order valence-electron chi connectivity index (χ4n) is 2.11. The van der Waals surface area contributed by atoms with Crippen LogP contribution in [0.1, 0.15) is 11.1 Å². The van der Waals surface area contributed by atoms with Gasteiger partial charge < -0.3 is 9.84 Å². The molecule has 3 aromatic rings. The first-order valence-electron chi connectivity index (χ1n) is 6.12. The lowest BCUT2D eigenvalue weighted by molar-refractivity contribution is 0.305. The zero-order valence-electron chi connectivity index (χ0n) is 10.6. The normalized spacial score (nSPS) is 10.8. The molecule has 0 bridgehead atoms. The number of aromatic hydroxyl groups is 1. The topological polar surface area (TPSA) is 29.5 Å². The Morgan fingerprint density at radius 1 is 1.11 bits per heavy atom. The molecule has 1 N–H and O–H groups in total. The van der Waals surface area contributed by atoms with E-state index in [0.717, 1.165) is 27.0 Å². The summed E-state index contributed by atoms with van der Waals surface area (Å²) in [6, 6.07) is 13.5. The molecule has 3 rings (SSSR count). The predicted octanol–water partition coefficient (Wildman–Crippen LogP) is 4.49. The quantitative estimate of drug-likeness (QED) is 0.759. The average molecular weight is 270 g/mol. The van der Waals surface area contributed by atoms with E-state index in [4.69, 9.17) is 4.74 Å². The fraction of sp³-hybridized carbons (Fsp3) is 0.125. The highest BCUT2D eigenvalue weighted by Crippen LogP contribution is 2.33. The number of ether oxygens (including phenoxy) is 1. The van der Waals surface area contributed by atoms with Crippen LogP contribution in [0.2, 0.25) is 0 Å². The highest BCUT2D eigenvalue weighted by molar-refractivity contribution is 7.17. The number of hydrogen-bond acceptors (Lipinski definition) is 3. The third-order valence-corrected chi connectivity index (χ3v) is 4.13. The van der Waals surface area contributed by atoms with Crippen LogP contribution >= 0.6 is 11.3 Å². The van der Waals surface area contributed by atoms with E-state index in [1.54, 1.807) is 17.4 Å². The van der Waals surface area contributed by atoms with E-state index in [1.807, 2.05) is 48.7 Å². The molecule has 1 heterocycles. The van der Waals surface area contributed by atoms with Gasteiger partial charge in [-0.05, 0) is 36.1 Å². The first-order valence-corrected chi connectivity index (χ1v) is 7.00. The maximum atomic E-state index is 9.94. The van der Waals surface area contributed by atoms with E-state index in [1.165, 1.54) is 0 Å². The summed E-state index contributed by atoms with van der Waals surface area (Å²) in [5, 5.41) is 12.9. The van der Waals surface area contributed by atoms with Crippen LogP contribution in [0.3, 0.4) is 0 Å². The number of rotatable bonds is 3. The van der Waals surface area contributed by atoms with Crippen molar-refractivity contribution < 1.29 is 9.84 Å². The molecular weight excluding hydrogens is 256 g/mol. The minimum Gasteiger partial charge on any atom is -0.507 e. The van der Waals surface area contributed by atoms with Crippen LogP contribution in [-0.4, -0.2) is 5.11 Å². The lowest BCUT2D eigenvalue weighted by Gasteiger charge is -2.08. The van der Waals surface area contributed by atoms with Crippen LogP contribution in [0.4, 0.5) is 0 Å². The smallest absolute Gasteiger partial charge is 0.124 e. The number of hydrogen-bond donors (Lipinski definition) is 1. The minimum absolute atomic E-state index is 0.321. The number of benzene rings is 2. The van der Waals surface area contributed by atoms with Gasteiger partial charge in [0.15, 0.2) is 0 Å². The van der Waals surface area contributed by atoms with Crippen LogP contribution in [-0.2, 0) is 6.61 Å². The molecule has 0 saturated heterocycles. The van der Waals surface area contributed by atoms with Gasteiger partial charge in [-0.25, -0.2) is 0 Å². The van der Waals surface area contributed by atoms with Gasteiger partial charge >= 0.3 is 0 Å². The molecule has 0 aliphatic carbocycles. The van der Waals surface area contributed by atoms with Gasteiger partial charge in [0.25, 0.3) is 0 Å². The third kappa shape index (κ3) is 2.29. The molecule has 0 atom stereocenters. The number of para-hydroxylation sites is 1. The molecule has 96 valence electrons. The molecule has 0 aliphatic rings. The van der Waals surface area contributed by atoms with Crippen molar-refractivity contribution in [3.05, 3.63) is 59.0 Å². The van der Waals surface area contributed by atoms with Gasteiger partial charge in [-0.1, -0.05) is 24.3 Å². The second-order valence-corrected chi connectivity index (χ2v) is 5.38. The van der Waals surface area contributed by atoms with Crippen LogP contribution in [0.25, 0.3) is 10.1 Å². The highest BCUT2D eigenvalue weighted by atomic mass is 32.1. The molecule has 0 fully saturated rings. The van der Waals surface area contributed by atoms with Crippen molar-refractivity contribution in [2.24, 2.45) is 0 Å². The Labute approximate surface area is 115 Å². The fourth-order valence-corrected chi connectivity index (χ4v) is 3.08. The third-order valence-electron chi connectivity index (χ3n) is 3.13. The number of phenols is 1. The largest absolute Gasteiger partial charge is 0.507 e. The first kappa shape index (κ1) is 12.1. The van der Waals surface area contributed by atoms with Gasteiger partial charge in [0.2, 0.25) is 0 Å². The van der Waals surface area contributed by atoms with Crippen LogP contribution < -0.4 is 4.74 Å². The van der Waals surface area contributed by atoms with Crippen molar-refractivity contribution in [1.29, 1.82) is 0 Å². The van der Waals surface area contributed by atoms with E-state index in [0.29, 0.717) is 12.4 Å². The number of fused-ring (bicyclic) bond motifs is 1. The monoisotopic (exact) mass is 270 g/mol. The van der Waals surface area contributed by atoms with Gasteiger partial charge in [0, 0.05) is 15.6 Å². The van der Waals surface area contributed by atoms with Crippen LogP contribution in [0, 0.1) is 6.92 Å². The molecule has 2 nitrogen and oxygen atoms in total. The molecule has 0 unspecified atom stereocenters. The van der Waals surface area contributed by atoms with Crippen LogP contribution in [0.15, 0.2) is 47.8 Å². The SMILES string of the molecule is Cc1ccccc1OCc1csc2cccc(O)c12. The summed E-state index contributed by atoms with van der Waals surface area (Å²) in [5.41, 5.74) is 2.15. The second-order valence-electron chi connectivity index (χ2n) is 4.47. The summed E-state index contributed by atoms with van der Waals surface area (Å²) in [6.45, 7) is 2.50. The summed E-state index contributed by atoms with van der Waals surface area (Å²) in [4.78, 5) is 0. The maximum absolute atomic E-state index is 9.94. The molecule has 0 aliphatic heterocycles. The van der Waals surface area contributed by atoms with E-state index in [9.17, 15) is 5.11 Å². The van der Waals surface area contributed by atoms with Gasteiger partial charge in [-0.3, -0.25) is 0 Å². The Hall–Kier alpha value is -2.00. The van der Waals surface area contributed by atoms with Crippen LogP contribution in [0.5, 0.6) is 11.5 Å². The molecule has 0 radical (unpaired) electrons. The van der Waals surface area contributed by atoms with E-state index >= 15 is 0 Å². The van der Waals surface area contributed by atoms with Gasteiger partial charge in [-0.2, -0.15) is 0 Å². The Morgan fingerprint density at radius 3 is 2.79 bits per heavy atom. The zero-order valence-corrected chi connectivity index (χ0v) is 11.4. The van der Waals surface area contributed by atoms with Crippen molar-refractivity contribution in [2.75, 3.05) is 0 Å². The van der Waals surface area contributed by atoms with Gasteiger partial charge in [0.1, 0.15) is 18.1 Å². The van der Waals surface area contributed by atoms with Crippen molar-refractivity contribution in [2.45, 2.75) is 13.5 Å². The summed E-state index contributed by atoms with van der Waals surface area (Å²) < 4.78 is 6.93. The molecule has 0 amide bonds. The zero-order chi connectivity index (χ0) is 13.2. The van der Waals surface area contributed by atoms with Crippen molar-refractivity contribution in [3.8, 4) is 11.5 Å². The minimum atomic E-state index is 0.321. The summed E-state index contributed by atoms with van der Waals surface area (Å²) in [5.74, 6) is 1.21. The molecule has 0 spiro atoms. The summed E-state index contributed by atoms with van der Waals surface area (Å²) in [6.07, 6.45) is 0. The second kappa shape index (κ2) is 4.94. The first-order chi connectivity index (χ1) is 9.25. The van der Waals surface area contributed by atoms with Gasteiger partial charge in [-0.15, -0.1) is 11.3 Å². The lowest BCUT2D eigenvalue weighted by Crippen LogP contribution is -1.95. The standard InChI is InChI=1S/C16H14O2S/c1-11-5-2-3-7-14(11)18-9-12-10-19-15-8-4-6-13(17)16(12)15/h2-8,10,17H,9H2,1H3. The Kier molecular flexibility index (Phi) is 3.13. The molecular formula is C16H14O2S. The molecule has 19 heavy (non-hydrogen) atoms. The van der Waals surface area contributed by atoms with Crippen molar-refractivity contribution in [1.82, 2.24) is 0 Å². The average Bonchev–Trinajstić information content (AvgIpc) is 2.83. The van der Waals surface area contributed by atoms with E-state index < -0.39 is 0 Å². The number of thiophene rings is 1. The Balaban J connectivity index is 1.89. The molecule has 1 aromatic heterocycles. The Morgan fingerprint density at radius 2 is 1.95 bits per heavy atom. The molecule has 3 heteroatoms. The number of phenolic OH excluding ortho intramolecular Hbond substituents is 1. The highest BCUT2D eigenvalue weighted by Gasteiger charge is 2.09. The summed E-state index contributed by atoms with van der Waals surface area (Å²) in [7, 11) is 0. The van der Waals surface area contributed by atoms with Crippen molar-refractivity contribution >= 4 is 21.4 Å². The number of aryl methyl sites for hydroxylation is 1. The Bertz CT molecular complexity index is 716. The van der Waals surface area contributed by atoms with E-state index in [2.05, 4.69) is 0 Å². The van der Waals surface area contributed by atoms with Crippen molar-refractivity contribution in [3.63, 3.8) is 0 Å². The summed E-state index contributed by atoms with van der Waals surface area (Å²) >= 11 is 1.63.